The summed E-state index contributed by atoms with van der Waals surface area (Å²) in [4.78, 5) is 11.4. The molecular weight excluding hydrogens is 210 g/mol. The van der Waals surface area contributed by atoms with Crippen LogP contribution in [-0.4, -0.2) is 12.5 Å². The van der Waals surface area contributed by atoms with Crippen molar-refractivity contribution in [3.63, 3.8) is 0 Å². The molecule has 15 heavy (non-hydrogen) atoms. The molecule has 0 aliphatic rings. The van der Waals surface area contributed by atoms with Gasteiger partial charge in [0, 0.05) is 6.54 Å². The van der Waals surface area contributed by atoms with Crippen LogP contribution in [0.1, 0.15) is 29.9 Å². The molecule has 5 heteroatoms. The molecule has 0 aliphatic carbocycles. The molecule has 1 aromatic heterocycles. The summed E-state index contributed by atoms with van der Waals surface area (Å²) in [5.74, 6) is 0.194. The lowest BCUT2D eigenvalue weighted by Gasteiger charge is -2.05. The molecule has 1 heterocycles. The zero-order chi connectivity index (χ0) is 11.4. The first kappa shape index (κ1) is 11.8. The van der Waals surface area contributed by atoms with E-state index in [-0.39, 0.29) is 0 Å². The van der Waals surface area contributed by atoms with Crippen molar-refractivity contribution in [1.29, 1.82) is 0 Å². The minimum absolute atomic E-state index is 0.432. The number of anilines is 2. The van der Waals surface area contributed by atoms with E-state index < -0.39 is 5.91 Å². The fourth-order valence-electron chi connectivity index (χ4n) is 1.17. The Balaban J connectivity index is 2.56. The van der Waals surface area contributed by atoms with Crippen molar-refractivity contribution >= 4 is 27.9 Å². The number of thiophene rings is 1. The number of hydrogen-bond acceptors (Lipinski definition) is 4. The Hall–Kier alpha value is -1.23. The van der Waals surface area contributed by atoms with E-state index >= 15 is 0 Å². The molecule has 4 nitrogen and oxygen atoms in total. The average molecular weight is 227 g/mol. The van der Waals surface area contributed by atoms with Crippen LogP contribution in [0.25, 0.3) is 0 Å². The summed E-state index contributed by atoms with van der Waals surface area (Å²) in [7, 11) is 0. The van der Waals surface area contributed by atoms with Crippen LogP contribution in [0.3, 0.4) is 0 Å². The molecule has 0 bridgehead atoms. The monoisotopic (exact) mass is 227 g/mol. The number of amides is 1. The van der Waals surface area contributed by atoms with E-state index in [1.165, 1.54) is 11.3 Å². The van der Waals surface area contributed by atoms with Crippen molar-refractivity contribution in [2.24, 2.45) is 11.7 Å². The zero-order valence-corrected chi connectivity index (χ0v) is 9.86. The Morgan fingerprint density at radius 2 is 2.27 bits per heavy atom. The number of carbonyl (C=O) groups is 1. The van der Waals surface area contributed by atoms with Gasteiger partial charge in [-0.3, -0.25) is 4.79 Å². The van der Waals surface area contributed by atoms with Crippen molar-refractivity contribution < 1.29 is 4.79 Å². The predicted octanol–water partition coefficient (Wildman–Crippen LogP) is 1.89. The largest absolute Gasteiger partial charge is 0.397 e. The van der Waals surface area contributed by atoms with Gasteiger partial charge in [0.15, 0.2) is 0 Å². The highest BCUT2D eigenvalue weighted by molar-refractivity contribution is 7.18. The molecule has 0 saturated heterocycles. The molecule has 1 aromatic rings. The van der Waals surface area contributed by atoms with Crippen molar-refractivity contribution in [2.45, 2.75) is 20.3 Å². The van der Waals surface area contributed by atoms with E-state index in [9.17, 15) is 4.79 Å². The summed E-state index contributed by atoms with van der Waals surface area (Å²) in [6, 6.07) is 1.76. The summed E-state index contributed by atoms with van der Waals surface area (Å²) in [5.41, 5.74) is 11.3. The van der Waals surface area contributed by atoms with Crippen LogP contribution in [0, 0.1) is 5.92 Å². The van der Waals surface area contributed by atoms with Gasteiger partial charge in [-0.2, -0.15) is 0 Å². The molecule has 0 radical (unpaired) electrons. The molecule has 1 amide bonds. The number of carbonyl (C=O) groups excluding carboxylic acids is 1. The Bertz CT molecular complexity index is 346. The van der Waals surface area contributed by atoms with Crippen LogP contribution >= 0.6 is 11.3 Å². The van der Waals surface area contributed by atoms with Gasteiger partial charge >= 0.3 is 0 Å². The van der Waals surface area contributed by atoms with Gasteiger partial charge in [0.25, 0.3) is 5.91 Å². The lowest BCUT2D eigenvalue weighted by atomic mass is 10.1. The molecule has 5 N–H and O–H groups in total. The molecular formula is C10H17N3OS. The molecule has 0 saturated carbocycles. The van der Waals surface area contributed by atoms with Crippen LogP contribution in [0.2, 0.25) is 0 Å². The summed E-state index contributed by atoms with van der Waals surface area (Å²) in [5, 5.41) is 4.13. The fourth-order valence-corrected chi connectivity index (χ4v) is 2.03. The van der Waals surface area contributed by atoms with Gasteiger partial charge in [0.2, 0.25) is 0 Å². The van der Waals surface area contributed by atoms with Crippen LogP contribution in [-0.2, 0) is 0 Å². The normalized spacial score (nSPS) is 10.6. The molecule has 0 aliphatic heterocycles. The van der Waals surface area contributed by atoms with Crippen LogP contribution in [0.15, 0.2) is 6.07 Å². The van der Waals surface area contributed by atoms with Gasteiger partial charge in [0.05, 0.1) is 10.7 Å². The smallest absolute Gasteiger partial charge is 0.260 e. The quantitative estimate of drug-likeness (QED) is 0.718. The van der Waals surface area contributed by atoms with E-state index in [1.807, 2.05) is 0 Å². The number of hydrogen-bond donors (Lipinski definition) is 3. The van der Waals surface area contributed by atoms with Crippen molar-refractivity contribution in [3.05, 3.63) is 10.9 Å². The molecule has 0 spiro atoms. The molecule has 0 unspecified atom stereocenters. The molecule has 0 aromatic carbocycles. The number of primary amides is 1. The number of nitrogen functional groups attached to an aromatic ring is 1. The minimum atomic E-state index is -0.464. The van der Waals surface area contributed by atoms with E-state index in [0.717, 1.165) is 18.0 Å². The third kappa shape index (κ3) is 3.43. The van der Waals surface area contributed by atoms with E-state index in [2.05, 4.69) is 19.2 Å². The highest BCUT2D eigenvalue weighted by Gasteiger charge is 2.10. The maximum atomic E-state index is 10.9. The van der Waals surface area contributed by atoms with Crippen LogP contribution in [0.5, 0.6) is 0 Å². The van der Waals surface area contributed by atoms with E-state index in [0.29, 0.717) is 16.5 Å². The van der Waals surface area contributed by atoms with Crippen molar-refractivity contribution in [1.82, 2.24) is 0 Å². The fraction of sp³-hybridized carbons (Fsp3) is 0.500. The molecule has 84 valence electrons. The van der Waals surface area contributed by atoms with Gasteiger partial charge in [-0.1, -0.05) is 13.8 Å². The second kappa shape index (κ2) is 5.02. The first-order chi connectivity index (χ1) is 7.00. The number of rotatable bonds is 5. The maximum absolute atomic E-state index is 10.9. The van der Waals surface area contributed by atoms with Gasteiger partial charge < -0.3 is 16.8 Å². The Morgan fingerprint density at radius 1 is 1.60 bits per heavy atom. The summed E-state index contributed by atoms with van der Waals surface area (Å²) in [6.07, 6.45) is 1.09. The lowest BCUT2D eigenvalue weighted by molar-refractivity contribution is 0.100. The summed E-state index contributed by atoms with van der Waals surface area (Å²) in [6.45, 7) is 5.22. The Morgan fingerprint density at radius 3 is 2.73 bits per heavy atom. The third-order valence-electron chi connectivity index (χ3n) is 2.01. The summed E-state index contributed by atoms with van der Waals surface area (Å²) >= 11 is 1.31. The standard InChI is InChI=1S/C10H17N3OS/c1-6(2)3-4-13-8-5-7(11)9(15-8)10(12)14/h5-6,13H,3-4,11H2,1-2H3,(H2,12,14). The van der Waals surface area contributed by atoms with Crippen molar-refractivity contribution in [2.75, 3.05) is 17.6 Å². The van der Waals surface area contributed by atoms with Crippen molar-refractivity contribution in [3.8, 4) is 0 Å². The topological polar surface area (TPSA) is 81.1 Å². The lowest BCUT2D eigenvalue weighted by Crippen LogP contribution is -2.10. The maximum Gasteiger partial charge on any atom is 0.260 e. The number of nitrogens with two attached hydrogens (primary N) is 2. The highest BCUT2D eigenvalue weighted by atomic mass is 32.1. The molecule has 0 fully saturated rings. The molecule has 1 rings (SSSR count). The molecule has 0 atom stereocenters. The Kier molecular flexibility index (Phi) is 3.96. The first-order valence-electron chi connectivity index (χ1n) is 4.93. The van der Waals surface area contributed by atoms with Gasteiger partial charge in [-0.25, -0.2) is 0 Å². The minimum Gasteiger partial charge on any atom is -0.397 e. The average Bonchev–Trinajstić information content (AvgIpc) is 2.46. The Labute approximate surface area is 93.7 Å². The van der Waals surface area contributed by atoms with E-state index in [4.69, 9.17) is 11.5 Å². The second-order valence-electron chi connectivity index (χ2n) is 3.87. The van der Waals surface area contributed by atoms with Gasteiger partial charge in [-0.15, -0.1) is 11.3 Å². The predicted molar refractivity (Wildman–Crippen MR) is 65.2 cm³/mol. The van der Waals surface area contributed by atoms with Crippen LogP contribution < -0.4 is 16.8 Å². The summed E-state index contributed by atoms with van der Waals surface area (Å²) < 4.78 is 0. The second-order valence-corrected chi connectivity index (χ2v) is 4.92. The number of nitrogens with one attached hydrogen (secondary N) is 1. The van der Waals surface area contributed by atoms with Gasteiger partial charge in [-0.05, 0) is 18.4 Å². The highest BCUT2D eigenvalue weighted by Crippen LogP contribution is 2.28. The van der Waals surface area contributed by atoms with E-state index in [1.54, 1.807) is 6.07 Å². The first-order valence-corrected chi connectivity index (χ1v) is 5.75. The van der Waals surface area contributed by atoms with Gasteiger partial charge in [0.1, 0.15) is 4.88 Å². The van der Waals surface area contributed by atoms with Crippen LogP contribution in [0.4, 0.5) is 10.7 Å². The zero-order valence-electron chi connectivity index (χ0n) is 9.04. The third-order valence-corrected chi connectivity index (χ3v) is 3.13. The SMILES string of the molecule is CC(C)CCNc1cc(N)c(C(N)=O)s1.